The number of carbonyl (C=O) groups excluding carboxylic acids is 1. The number of aromatic nitrogens is 2. The summed E-state index contributed by atoms with van der Waals surface area (Å²) in [6, 6.07) is 4.62. The van der Waals surface area contributed by atoms with E-state index in [-0.39, 0.29) is 5.56 Å². The molecule has 0 fully saturated rings. The first-order valence-corrected chi connectivity index (χ1v) is 5.62. The minimum absolute atomic E-state index is 0.0800. The molecule has 1 amide bonds. The number of benzene rings is 1. The van der Waals surface area contributed by atoms with Crippen molar-refractivity contribution in [2.24, 2.45) is 0 Å². The highest BCUT2D eigenvalue weighted by Gasteiger charge is 2.11. The van der Waals surface area contributed by atoms with Crippen molar-refractivity contribution in [3.05, 3.63) is 56.7 Å². The van der Waals surface area contributed by atoms with Crippen LogP contribution in [0, 0.1) is 0 Å². The quantitative estimate of drug-likeness (QED) is 0.888. The van der Waals surface area contributed by atoms with Crippen LogP contribution in [0.3, 0.4) is 0 Å². The topological polar surface area (TPSA) is 74.8 Å². The third-order valence-electron chi connectivity index (χ3n) is 2.14. The van der Waals surface area contributed by atoms with E-state index in [0.29, 0.717) is 15.7 Å². The Morgan fingerprint density at radius 3 is 2.72 bits per heavy atom. The van der Waals surface area contributed by atoms with Crippen molar-refractivity contribution in [3.8, 4) is 0 Å². The number of halogens is 2. The van der Waals surface area contributed by atoms with Crippen molar-refractivity contribution >= 4 is 34.8 Å². The van der Waals surface area contributed by atoms with Crippen LogP contribution in [0.15, 0.2) is 35.5 Å². The van der Waals surface area contributed by atoms with Crippen LogP contribution >= 0.6 is 23.2 Å². The van der Waals surface area contributed by atoms with Crippen molar-refractivity contribution in [1.29, 1.82) is 0 Å². The zero-order valence-electron chi connectivity index (χ0n) is 8.91. The summed E-state index contributed by atoms with van der Waals surface area (Å²) in [7, 11) is 0. The van der Waals surface area contributed by atoms with Gasteiger partial charge in [-0.05, 0) is 18.2 Å². The molecule has 2 rings (SSSR count). The van der Waals surface area contributed by atoms with E-state index in [1.54, 1.807) is 12.1 Å². The lowest BCUT2D eigenvalue weighted by Crippen LogP contribution is -2.23. The summed E-state index contributed by atoms with van der Waals surface area (Å²) in [4.78, 5) is 29.1. The highest BCUT2D eigenvalue weighted by Crippen LogP contribution is 2.25. The van der Waals surface area contributed by atoms with E-state index < -0.39 is 11.5 Å². The standard InChI is InChI=1S/C11H7Cl2N3O2/c12-8-2-1-6(3-9(8)13)16-11(18)7-4-14-5-15-10(7)17/h1-5H,(H,16,18)(H,14,15,17). The van der Waals surface area contributed by atoms with E-state index in [0.717, 1.165) is 0 Å². The molecular weight excluding hydrogens is 277 g/mol. The van der Waals surface area contributed by atoms with Gasteiger partial charge < -0.3 is 10.3 Å². The Morgan fingerprint density at radius 1 is 1.28 bits per heavy atom. The predicted octanol–water partition coefficient (Wildman–Crippen LogP) is 2.33. The summed E-state index contributed by atoms with van der Waals surface area (Å²) in [6.07, 6.45) is 2.39. The molecule has 0 saturated heterocycles. The Bertz CT molecular complexity index is 655. The largest absolute Gasteiger partial charge is 0.322 e. The van der Waals surface area contributed by atoms with Crippen LogP contribution < -0.4 is 10.9 Å². The Balaban J connectivity index is 2.24. The summed E-state index contributed by atoms with van der Waals surface area (Å²) in [5.41, 5.74) is -0.149. The number of hydrogen-bond donors (Lipinski definition) is 2. The van der Waals surface area contributed by atoms with Gasteiger partial charge in [0.2, 0.25) is 0 Å². The molecule has 2 N–H and O–H groups in total. The SMILES string of the molecule is O=C(Nc1ccc(Cl)c(Cl)c1)c1cnc[nH]c1=O. The van der Waals surface area contributed by atoms with Crippen molar-refractivity contribution in [2.45, 2.75) is 0 Å². The fourth-order valence-electron chi connectivity index (χ4n) is 1.28. The second-order valence-electron chi connectivity index (χ2n) is 3.38. The summed E-state index contributed by atoms with van der Waals surface area (Å²) in [5.74, 6) is -0.567. The number of amides is 1. The first-order valence-electron chi connectivity index (χ1n) is 4.87. The number of anilines is 1. The lowest BCUT2D eigenvalue weighted by Gasteiger charge is -2.05. The number of hydrogen-bond acceptors (Lipinski definition) is 3. The first-order chi connectivity index (χ1) is 8.58. The van der Waals surface area contributed by atoms with Crippen molar-refractivity contribution in [3.63, 3.8) is 0 Å². The average molecular weight is 284 g/mol. The van der Waals surface area contributed by atoms with Gasteiger partial charge in [0.15, 0.2) is 0 Å². The smallest absolute Gasteiger partial charge is 0.263 e. The Hall–Kier alpha value is -1.85. The van der Waals surface area contributed by atoms with E-state index in [1.165, 1.54) is 18.6 Å². The first kappa shape index (κ1) is 12.6. The maximum Gasteiger partial charge on any atom is 0.263 e. The summed E-state index contributed by atoms with van der Waals surface area (Å²) >= 11 is 11.6. The molecule has 0 spiro atoms. The summed E-state index contributed by atoms with van der Waals surface area (Å²) in [5, 5.41) is 3.22. The Labute approximate surface area is 112 Å². The lowest BCUT2D eigenvalue weighted by atomic mass is 10.2. The molecule has 1 aromatic carbocycles. The fraction of sp³-hybridized carbons (Fsp3) is 0. The number of H-pyrrole nitrogens is 1. The van der Waals surface area contributed by atoms with Crippen molar-refractivity contribution in [2.75, 3.05) is 5.32 Å². The molecule has 0 aliphatic rings. The Kier molecular flexibility index (Phi) is 3.64. The number of aromatic amines is 1. The van der Waals surface area contributed by atoms with Gasteiger partial charge in [0.25, 0.3) is 11.5 Å². The molecule has 0 saturated carbocycles. The van der Waals surface area contributed by atoms with Gasteiger partial charge in [0, 0.05) is 11.9 Å². The fourth-order valence-corrected chi connectivity index (χ4v) is 1.58. The predicted molar refractivity (Wildman–Crippen MR) is 69.3 cm³/mol. The zero-order chi connectivity index (χ0) is 13.1. The summed E-state index contributed by atoms with van der Waals surface area (Å²) < 4.78 is 0. The number of nitrogens with zero attached hydrogens (tertiary/aromatic N) is 1. The van der Waals surface area contributed by atoms with Gasteiger partial charge in [0.1, 0.15) is 5.56 Å². The second-order valence-corrected chi connectivity index (χ2v) is 4.19. The zero-order valence-corrected chi connectivity index (χ0v) is 10.4. The molecule has 18 heavy (non-hydrogen) atoms. The van der Waals surface area contributed by atoms with Gasteiger partial charge in [0.05, 0.1) is 16.4 Å². The molecular formula is C11H7Cl2N3O2. The van der Waals surface area contributed by atoms with Crippen molar-refractivity contribution < 1.29 is 4.79 Å². The maximum absolute atomic E-state index is 11.8. The molecule has 1 aromatic heterocycles. The molecule has 92 valence electrons. The lowest BCUT2D eigenvalue weighted by molar-refractivity contribution is 0.102. The van der Waals surface area contributed by atoms with Crippen molar-refractivity contribution in [1.82, 2.24) is 9.97 Å². The molecule has 7 heteroatoms. The molecule has 0 unspecified atom stereocenters. The Morgan fingerprint density at radius 2 is 2.06 bits per heavy atom. The van der Waals surface area contributed by atoms with Crippen LogP contribution in [-0.4, -0.2) is 15.9 Å². The molecule has 0 atom stereocenters. The van der Waals surface area contributed by atoms with Gasteiger partial charge in [-0.25, -0.2) is 4.98 Å². The number of nitrogens with one attached hydrogen (secondary N) is 2. The van der Waals surface area contributed by atoms with Gasteiger partial charge in [-0.1, -0.05) is 23.2 Å². The third kappa shape index (κ3) is 2.69. The molecule has 1 heterocycles. The number of carbonyl (C=O) groups is 1. The molecule has 0 aliphatic carbocycles. The van der Waals surface area contributed by atoms with E-state index in [2.05, 4.69) is 15.3 Å². The minimum Gasteiger partial charge on any atom is -0.322 e. The van der Waals surface area contributed by atoms with E-state index in [1.807, 2.05) is 0 Å². The van der Waals surface area contributed by atoms with Gasteiger partial charge in [-0.3, -0.25) is 9.59 Å². The van der Waals surface area contributed by atoms with Crippen LogP contribution in [0.25, 0.3) is 0 Å². The molecule has 0 aliphatic heterocycles. The second kappa shape index (κ2) is 5.20. The maximum atomic E-state index is 11.8. The van der Waals surface area contributed by atoms with Crippen LogP contribution in [0.2, 0.25) is 10.0 Å². The van der Waals surface area contributed by atoms with Crippen LogP contribution in [-0.2, 0) is 0 Å². The van der Waals surface area contributed by atoms with Crippen LogP contribution in [0.1, 0.15) is 10.4 Å². The minimum atomic E-state index is -0.567. The van der Waals surface area contributed by atoms with E-state index >= 15 is 0 Å². The van der Waals surface area contributed by atoms with E-state index in [9.17, 15) is 9.59 Å². The van der Waals surface area contributed by atoms with Crippen LogP contribution in [0.5, 0.6) is 0 Å². The van der Waals surface area contributed by atoms with Gasteiger partial charge >= 0.3 is 0 Å². The van der Waals surface area contributed by atoms with Gasteiger partial charge in [-0.2, -0.15) is 0 Å². The van der Waals surface area contributed by atoms with Crippen LogP contribution in [0.4, 0.5) is 5.69 Å². The van der Waals surface area contributed by atoms with Gasteiger partial charge in [-0.15, -0.1) is 0 Å². The molecule has 5 nitrogen and oxygen atoms in total. The number of rotatable bonds is 2. The molecule has 0 radical (unpaired) electrons. The monoisotopic (exact) mass is 283 g/mol. The summed E-state index contributed by atoms with van der Waals surface area (Å²) in [6.45, 7) is 0. The normalized spacial score (nSPS) is 10.1. The highest BCUT2D eigenvalue weighted by atomic mass is 35.5. The molecule has 2 aromatic rings. The molecule has 0 bridgehead atoms. The van der Waals surface area contributed by atoms with E-state index in [4.69, 9.17) is 23.2 Å². The third-order valence-corrected chi connectivity index (χ3v) is 2.88. The average Bonchev–Trinajstić information content (AvgIpc) is 2.34. The highest BCUT2D eigenvalue weighted by molar-refractivity contribution is 6.42.